The van der Waals surface area contributed by atoms with E-state index >= 15 is 0 Å². The summed E-state index contributed by atoms with van der Waals surface area (Å²) in [7, 11) is 0. The average molecular weight is 465 g/mol. The van der Waals surface area contributed by atoms with Crippen molar-refractivity contribution in [1.82, 2.24) is 29.7 Å². The van der Waals surface area contributed by atoms with Crippen LogP contribution in [0.1, 0.15) is 31.3 Å². The van der Waals surface area contributed by atoms with Crippen LogP contribution in [0.4, 0.5) is 11.5 Å². The average Bonchev–Trinajstić information content (AvgIpc) is 3.24. The molecule has 10 heteroatoms. The van der Waals surface area contributed by atoms with Crippen LogP contribution in [-0.4, -0.2) is 55.9 Å². The normalized spacial score (nSPS) is 14.5. The molecule has 33 heavy (non-hydrogen) atoms. The topological polar surface area (TPSA) is 95.8 Å². The number of imidazole rings is 1. The van der Waals surface area contributed by atoms with Crippen molar-refractivity contribution < 1.29 is 0 Å². The predicted octanol–water partition coefficient (Wildman–Crippen LogP) is 3.31. The number of aromatic amines is 1. The van der Waals surface area contributed by atoms with Gasteiger partial charge >= 0.3 is 0 Å². The van der Waals surface area contributed by atoms with Crippen LogP contribution in [0.3, 0.4) is 0 Å². The fraction of sp³-hybridized carbons (Fsp3) is 0.348. The van der Waals surface area contributed by atoms with Gasteiger partial charge in [-0.05, 0) is 19.1 Å². The molecule has 0 unspecified atom stereocenters. The van der Waals surface area contributed by atoms with E-state index in [4.69, 9.17) is 16.6 Å². The number of H-pyrrole nitrogens is 1. The van der Waals surface area contributed by atoms with Gasteiger partial charge in [0, 0.05) is 43.9 Å². The summed E-state index contributed by atoms with van der Waals surface area (Å²) in [5.74, 6) is 2.41. The van der Waals surface area contributed by atoms with Gasteiger partial charge in [0.15, 0.2) is 0 Å². The number of hydrogen-bond donors (Lipinski definition) is 1. The summed E-state index contributed by atoms with van der Waals surface area (Å²) in [6.45, 7) is 9.12. The number of aromatic nitrogens is 6. The number of fused-ring (bicyclic) bond motifs is 1. The Morgan fingerprint density at radius 2 is 1.76 bits per heavy atom. The zero-order valence-electron chi connectivity index (χ0n) is 18.8. The molecule has 4 heterocycles. The Hall–Kier alpha value is -3.46. The molecule has 0 atom stereocenters. The van der Waals surface area contributed by atoms with E-state index in [2.05, 4.69) is 43.7 Å². The molecule has 1 aliphatic rings. The Morgan fingerprint density at radius 1 is 1.03 bits per heavy atom. The predicted molar refractivity (Wildman–Crippen MR) is 130 cm³/mol. The van der Waals surface area contributed by atoms with Gasteiger partial charge < -0.3 is 14.8 Å². The molecule has 4 aromatic rings. The SMILES string of the molecule is Cc1cc(N2CCN(c3cnn(-c4nc5ccccc5[nH]4)c(=O)c3Cl)CC2)nc(C(C)C)n1. The summed E-state index contributed by atoms with van der Waals surface area (Å²) in [5.41, 5.74) is 2.79. The molecule has 5 rings (SSSR count). The molecular weight excluding hydrogens is 440 g/mol. The van der Waals surface area contributed by atoms with E-state index < -0.39 is 5.56 Å². The maximum atomic E-state index is 13.0. The fourth-order valence-corrected chi connectivity index (χ4v) is 4.25. The molecule has 0 amide bonds. The number of hydrogen-bond acceptors (Lipinski definition) is 7. The molecule has 0 radical (unpaired) electrons. The van der Waals surface area contributed by atoms with Gasteiger partial charge in [-0.1, -0.05) is 37.6 Å². The van der Waals surface area contributed by atoms with Crippen molar-refractivity contribution in [2.45, 2.75) is 26.7 Å². The first-order valence-corrected chi connectivity index (χ1v) is 11.4. The highest BCUT2D eigenvalue weighted by Gasteiger charge is 2.23. The van der Waals surface area contributed by atoms with E-state index in [0.29, 0.717) is 24.7 Å². The number of aryl methyl sites for hydroxylation is 1. The van der Waals surface area contributed by atoms with Gasteiger partial charge in [0.25, 0.3) is 5.56 Å². The van der Waals surface area contributed by atoms with Crippen molar-refractivity contribution in [3.8, 4) is 5.95 Å². The van der Waals surface area contributed by atoms with Gasteiger partial charge in [0.1, 0.15) is 16.7 Å². The number of nitrogens with one attached hydrogen (secondary N) is 1. The van der Waals surface area contributed by atoms with Gasteiger partial charge in [-0.2, -0.15) is 9.78 Å². The third-order valence-electron chi connectivity index (χ3n) is 5.80. The molecule has 0 bridgehead atoms. The lowest BCUT2D eigenvalue weighted by atomic mass is 10.2. The Bertz CT molecular complexity index is 1340. The van der Waals surface area contributed by atoms with Crippen molar-refractivity contribution in [2.75, 3.05) is 36.0 Å². The molecule has 1 aliphatic heterocycles. The van der Waals surface area contributed by atoms with E-state index in [0.717, 1.165) is 41.5 Å². The van der Waals surface area contributed by atoms with Crippen LogP contribution < -0.4 is 15.4 Å². The highest BCUT2D eigenvalue weighted by Crippen LogP contribution is 2.25. The third-order valence-corrected chi connectivity index (χ3v) is 6.15. The van der Waals surface area contributed by atoms with Crippen LogP contribution in [0.25, 0.3) is 17.0 Å². The summed E-state index contributed by atoms with van der Waals surface area (Å²) in [6, 6.07) is 9.59. The lowest BCUT2D eigenvalue weighted by molar-refractivity contribution is 0.636. The minimum Gasteiger partial charge on any atom is -0.365 e. The Balaban J connectivity index is 1.36. The zero-order chi connectivity index (χ0) is 23.1. The second-order valence-electron chi connectivity index (χ2n) is 8.49. The molecule has 0 aliphatic carbocycles. The van der Waals surface area contributed by atoms with Crippen molar-refractivity contribution >= 4 is 34.1 Å². The Labute approximate surface area is 196 Å². The van der Waals surface area contributed by atoms with Gasteiger partial charge in [-0.25, -0.2) is 15.0 Å². The molecule has 0 saturated carbocycles. The van der Waals surface area contributed by atoms with Crippen LogP contribution in [0.2, 0.25) is 5.02 Å². The first kappa shape index (κ1) is 21.4. The second-order valence-corrected chi connectivity index (χ2v) is 8.87. The lowest BCUT2D eigenvalue weighted by Gasteiger charge is -2.37. The fourth-order valence-electron chi connectivity index (χ4n) is 4.01. The minimum absolute atomic E-state index is 0.138. The number of halogens is 1. The van der Waals surface area contributed by atoms with Crippen LogP contribution in [0, 0.1) is 6.92 Å². The van der Waals surface area contributed by atoms with Crippen LogP contribution >= 0.6 is 11.6 Å². The van der Waals surface area contributed by atoms with Crippen LogP contribution in [0.15, 0.2) is 41.3 Å². The highest BCUT2D eigenvalue weighted by atomic mass is 35.5. The molecule has 3 aromatic heterocycles. The van der Waals surface area contributed by atoms with Gasteiger partial charge in [-0.15, -0.1) is 0 Å². The van der Waals surface area contributed by atoms with Gasteiger partial charge in [0.2, 0.25) is 5.95 Å². The third kappa shape index (κ3) is 4.04. The molecule has 9 nitrogen and oxygen atoms in total. The molecule has 0 spiro atoms. The summed E-state index contributed by atoms with van der Waals surface area (Å²) < 4.78 is 1.21. The first-order valence-electron chi connectivity index (χ1n) is 11.0. The van der Waals surface area contributed by atoms with Gasteiger partial charge in [-0.3, -0.25) is 4.79 Å². The van der Waals surface area contributed by atoms with Gasteiger partial charge in [0.05, 0.1) is 22.9 Å². The number of nitrogens with zero attached hydrogens (tertiary/aromatic N) is 7. The van der Waals surface area contributed by atoms with Crippen LogP contribution in [0.5, 0.6) is 0 Å². The quantitative estimate of drug-likeness (QED) is 0.495. The lowest BCUT2D eigenvalue weighted by Crippen LogP contribution is -2.47. The number of anilines is 2. The standard InChI is InChI=1S/C23H25ClN8O/c1-14(2)21-26-15(3)12-19(29-21)31-10-8-30(9-11-31)18-13-25-32(22(33)20(18)24)23-27-16-6-4-5-7-17(16)28-23/h4-7,12-14H,8-11H2,1-3H3,(H,27,28). The monoisotopic (exact) mass is 464 g/mol. The van der Waals surface area contributed by atoms with E-state index in [-0.39, 0.29) is 10.9 Å². The largest absolute Gasteiger partial charge is 0.365 e. The number of benzene rings is 1. The highest BCUT2D eigenvalue weighted by molar-refractivity contribution is 6.33. The van der Waals surface area contributed by atoms with E-state index in [1.54, 1.807) is 6.20 Å². The maximum absolute atomic E-state index is 13.0. The smallest absolute Gasteiger partial charge is 0.295 e. The number of rotatable bonds is 4. The minimum atomic E-state index is -0.399. The van der Waals surface area contributed by atoms with Crippen molar-refractivity contribution in [3.05, 3.63) is 63.4 Å². The molecule has 170 valence electrons. The van der Waals surface area contributed by atoms with E-state index in [1.165, 1.54) is 4.68 Å². The summed E-state index contributed by atoms with van der Waals surface area (Å²) in [5, 5.41) is 4.49. The van der Waals surface area contributed by atoms with Crippen LogP contribution in [-0.2, 0) is 0 Å². The van der Waals surface area contributed by atoms with Crippen molar-refractivity contribution in [1.29, 1.82) is 0 Å². The first-order chi connectivity index (χ1) is 15.9. The summed E-state index contributed by atoms with van der Waals surface area (Å²) in [4.78, 5) is 34.2. The molecule has 1 aromatic carbocycles. The summed E-state index contributed by atoms with van der Waals surface area (Å²) >= 11 is 6.52. The molecule has 1 saturated heterocycles. The Morgan fingerprint density at radius 3 is 2.48 bits per heavy atom. The summed E-state index contributed by atoms with van der Waals surface area (Å²) in [6.07, 6.45) is 1.64. The van der Waals surface area contributed by atoms with E-state index in [9.17, 15) is 4.79 Å². The molecule has 1 fully saturated rings. The zero-order valence-corrected chi connectivity index (χ0v) is 19.5. The Kier molecular flexibility index (Phi) is 5.49. The number of para-hydroxylation sites is 2. The van der Waals surface area contributed by atoms with E-state index in [1.807, 2.05) is 37.3 Å². The maximum Gasteiger partial charge on any atom is 0.295 e. The second kappa shape index (κ2) is 8.47. The molecular formula is C23H25ClN8O. The van der Waals surface area contributed by atoms with Crippen molar-refractivity contribution in [3.63, 3.8) is 0 Å². The van der Waals surface area contributed by atoms with Crippen molar-refractivity contribution in [2.24, 2.45) is 0 Å². The molecule has 1 N–H and O–H groups in total. The number of piperazine rings is 1.